The molecule has 2 aromatic carbocycles. The van der Waals surface area contributed by atoms with Crippen LogP contribution in [0.5, 0.6) is 0 Å². The van der Waals surface area contributed by atoms with Crippen molar-refractivity contribution in [1.82, 2.24) is 4.90 Å². The second kappa shape index (κ2) is 5.55. The van der Waals surface area contributed by atoms with E-state index in [9.17, 15) is 9.59 Å². The molecular weight excluding hydrogens is 330 g/mol. The maximum atomic E-state index is 12.1. The average molecular weight is 340 g/mol. The smallest absolute Gasteiger partial charge is 0.262 e. The van der Waals surface area contributed by atoms with Gasteiger partial charge in [-0.1, -0.05) is 39.9 Å². The number of imide groups is 1. The van der Waals surface area contributed by atoms with Gasteiger partial charge in [0.15, 0.2) is 0 Å². The molecule has 0 atom stereocenters. The Morgan fingerprint density at radius 3 is 2.05 bits per heavy atom. The zero-order chi connectivity index (χ0) is 14.8. The van der Waals surface area contributed by atoms with E-state index in [0.29, 0.717) is 11.1 Å². The zero-order valence-corrected chi connectivity index (χ0v) is 12.6. The molecule has 0 aliphatic carbocycles. The molecule has 0 saturated carbocycles. The van der Waals surface area contributed by atoms with Gasteiger partial charge in [-0.3, -0.25) is 14.5 Å². The molecule has 0 bridgehead atoms. The highest BCUT2D eigenvalue weighted by atomic mass is 79.9. The summed E-state index contributed by atoms with van der Waals surface area (Å²) in [7, 11) is 0. The van der Waals surface area contributed by atoms with Gasteiger partial charge in [0.25, 0.3) is 11.8 Å². The van der Waals surface area contributed by atoms with Gasteiger partial charge in [0.2, 0.25) is 0 Å². The maximum absolute atomic E-state index is 12.1. The first-order valence-corrected chi connectivity index (χ1v) is 7.16. The number of carbonyl (C=O) groups excluding carboxylic acids is 2. The first-order valence-electron chi connectivity index (χ1n) is 6.36. The number of rotatable bonds is 1. The Morgan fingerprint density at radius 1 is 0.905 bits per heavy atom. The first-order chi connectivity index (χ1) is 10.2. The molecule has 0 saturated heterocycles. The summed E-state index contributed by atoms with van der Waals surface area (Å²) in [4.78, 5) is 25.4. The fraction of sp³-hybridized carbons (Fsp3) is 0.0588. The average Bonchev–Trinajstić information content (AvgIpc) is 2.75. The number of hydrogen-bond acceptors (Lipinski definition) is 2. The van der Waals surface area contributed by atoms with Crippen LogP contribution in [0.4, 0.5) is 0 Å². The maximum Gasteiger partial charge on any atom is 0.262 e. The molecule has 21 heavy (non-hydrogen) atoms. The minimum atomic E-state index is -0.277. The Hall–Kier alpha value is -2.38. The third-order valence-corrected chi connectivity index (χ3v) is 3.72. The van der Waals surface area contributed by atoms with E-state index < -0.39 is 0 Å². The second-order valence-corrected chi connectivity index (χ2v) is 5.47. The summed E-state index contributed by atoms with van der Waals surface area (Å²) in [6.07, 6.45) is 0. The highest BCUT2D eigenvalue weighted by molar-refractivity contribution is 9.10. The van der Waals surface area contributed by atoms with Crippen molar-refractivity contribution in [1.29, 1.82) is 0 Å². The van der Waals surface area contributed by atoms with Gasteiger partial charge in [0.1, 0.15) is 0 Å². The summed E-state index contributed by atoms with van der Waals surface area (Å²) < 4.78 is 0.980. The van der Waals surface area contributed by atoms with E-state index in [0.717, 1.165) is 10.0 Å². The number of benzene rings is 2. The van der Waals surface area contributed by atoms with E-state index in [1.54, 1.807) is 24.3 Å². The van der Waals surface area contributed by atoms with Gasteiger partial charge in [0, 0.05) is 10.0 Å². The van der Waals surface area contributed by atoms with Gasteiger partial charge in [-0.2, -0.15) is 0 Å². The Labute approximate surface area is 130 Å². The summed E-state index contributed by atoms with van der Waals surface area (Å²) in [5.74, 6) is 5.27. The van der Waals surface area contributed by atoms with Gasteiger partial charge < -0.3 is 0 Å². The van der Waals surface area contributed by atoms with Crippen LogP contribution in [0.3, 0.4) is 0 Å². The molecule has 1 heterocycles. The van der Waals surface area contributed by atoms with Crippen molar-refractivity contribution in [2.24, 2.45) is 0 Å². The molecule has 0 aromatic heterocycles. The van der Waals surface area contributed by atoms with E-state index in [1.165, 1.54) is 4.90 Å². The summed E-state index contributed by atoms with van der Waals surface area (Å²) >= 11 is 3.35. The lowest BCUT2D eigenvalue weighted by atomic mass is 10.1. The van der Waals surface area contributed by atoms with Crippen LogP contribution < -0.4 is 0 Å². The summed E-state index contributed by atoms with van der Waals surface area (Å²) in [5.41, 5.74) is 1.75. The SMILES string of the molecule is O=C1c2ccccc2C(=O)N1CC#Cc1ccc(Br)cc1. The fourth-order valence-electron chi connectivity index (χ4n) is 2.14. The minimum absolute atomic E-state index is 0.0996. The van der Waals surface area contributed by atoms with Crippen LogP contribution in [-0.4, -0.2) is 23.3 Å². The molecule has 3 nitrogen and oxygen atoms in total. The molecule has 2 aromatic rings. The normalized spacial score (nSPS) is 12.9. The number of nitrogens with zero attached hydrogens (tertiary/aromatic N) is 1. The van der Waals surface area contributed by atoms with Crippen LogP contribution in [0.1, 0.15) is 26.3 Å². The molecule has 0 radical (unpaired) electrons. The van der Waals surface area contributed by atoms with Crippen molar-refractivity contribution in [3.8, 4) is 11.8 Å². The Balaban J connectivity index is 1.77. The summed E-state index contributed by atoms with van der Waals surface area (Å²) in [6.45, 7) is 0.0996. The van der Waals surface area contributed by atoms with Gasteiger partial charge in [-0.25, -0.2) is 0 Å². The molecule has 4 heteroatoms. The first kappa shape index (κ1) is 13.6. The van der Waals surface area contributed by atoms with E-state index in [-0.39, 0.29) is 18.4 Å². The standard InChI is InChI=1S/C17H10BrNO2/c18-13-9-7-12(8-10-13)4-3-11-19-16(20)14-5-1-2-6-15(14)17(19)21/h1-2,5-10H,11H2. The molecule has 0 N–H and O–H groups in total. The molecule has 102 valence electrons. The zero-order valence-electron chi connectivity index (χ0n) is 11.0. The van der Waals surface area contributed by atoms with E-state index >= 15 is 0 Å². The lowest BCUT2D eigenvalue weighted by molar-refractivity contribution is 0.0675. The van der Waals surface area contributed by atoms with Crippen molar-refractivity contribution in [2.45, 2.75) is 0 Å². The summed E-state index contributed by atoms with van der Waals surface area (Å²) in [6, 6.07) is 14.4. The van der Waals surface area contributed by atoms with Gasteiger partial charge >= 0.3 is 0 Å². The van der Waals surface area contributed by atoms with E-state index in [1.807, 2.05) is 24.3 Å². The predicted octanol–water partition coefficient (Wildman–Crippen LogP) is 3.10. The van der Waals surface area contributed by atoms with Crippen LogP contribution in [0, 0.1) is 11.8 Å². The van der Waals surface area contributed by atoms with Crippen LogP contribution in [0.25, 0.3) is 0 Å². The van der Waals surface area contributed by atoms with Crippen LogP contribution >= 0.6 is 15.9 Å². The molecule has 0 spiro atoms. The van der Waals surface area contributed by atoms with Crippen LogP contribution in [0.2, 0.25) is 0 Å². The van der Waals surface area contributed by atoms with Crippen molar-refractivity contribution in [3.63, 3.8) is 0 Å². The number of hydrogen-bond donors (Lipinski definition) is 0. The Bertz CT molecular complexity index is 749. The topological polar surface area (TPSA) is 37.4 Å². The third kappa shape index (κ3) is 2.61. The number of fused-ring (bicyclic) bond motifs is 1. The second-order valence-electron chi connectivity index (χ2n) is 4.55. The fourth-order valence-corrected chi connectivity index (χ4v) is 2.40. The Morgan fingerprint density at radius 2 is 1.48 bits per heavy atom. The monoisotopic (exact) mass is 339 g/mol. The van der Waals surface area contributed by atoms with Gasteiger partial charge in [-0.05, 0) is 36.4 Å². The van der Waals surface area contributed by atoms with Crippen molar-refractivity contribution < 1.29 is 9.59 Å². The van der Waals surface area contributed by atoms with Gasteiger partial charge in [-0.15, -0.1) is 0 Å². The third-order valence-electron chi connectivity index (χ3n) is 3.19. The molecule has 2 amide bonds. The largest absolute Gasteiger partial charge is 0.269 e. The Kier molecular flexibility index (Phi) is 3.59. The number of halogens is 1. The number of carbonyl (C=O) groups is 2. The highest BCUT2D eigenvalue weighted by Crippen LogP contribution is 2.21. The molecular formula is C17H10BrNO2. The molecule has 3 rings (SSSR count). The van der Waals surface area contributed by atoms with E-state index in [4.69, 9.17) is 0 Å². The van der Waals surface area contributed by atoms with Crippen molar-refractivity contribution in [3.05, 3.63) is 69.7 Å². The lowest BCUT2D eigenvalue weighted by Crippen LogP contribution is -2.29. The number of amides is 2. The molecule has 0 unspecified atom stereocenters. The quantitative estimate of drug-likeness (QED) is 0.591. The minimum Gasteiger partial charge on any atom is -0.269 e. The van der Waals surface area contributed by atoms with Crippen molar-refractivity contribution >= 4 is 27.7 Å². The van der Waals surface area contributed by atoms with Crippen LogP contribution in [0.15, 0.2) is 53.0 Å². The molecule has 1 aliphatic rings. The molecule has 0 fully saturated rings. The molecule has 1 aliphatic heterocycles. The summed E-state index contributed by atoms with van der Waals surface area (Å²) in [5, 5.41) is 0. The van der Waals surface area contributed by atoms with Crippen LogP contribution in [-0.2, 0) is 0 Å². The van der Waals surface area contributed by atoms with E-state index in [2.05, 4.69) is 27.8 Å². The predicted molar refractivity (Wildman–Crippen MR) is 82.8 cm³/mol. The lowest BCUT2D eigenvalue weighted by Gasteiger charge is -2.08. The van der Waals surface area contributed by atoms with Crippen molar-refractivity contribution in [2.75, 3.05) is 6.54 Å². The highest BCUT2D eigenvalue weighted by Gasteiger charge is 2.34. The van der Waals surface area contributed by atoms with Gasteiger partial charge in [0.05, 0.1) is 17.7 Å².